The molecule has 0 aliphatic heterocycles. The van der Waals surface area contributed by atoms with Gasteiger partial charge in [-0.2, -0.15) is 0 Å². The van der Waals surface area contributed by atoms with E-state index in [2.05, 4.69) is 18.3 Å². The Kier molecular flexibility index (Phi) is 8.32. The summed E-state index contributed by atoms with van der Waals surface area (Å²) in [5, 5.41) is 2.86. The van der Waals surface area contributed by atoms with E-state index in [1.54, 1.807) is 25.8 Å². The standard InChI is InChI=1S/C24H31NO3S/c1-15-13-16(2)23(18(4)26)17(3)22(15)14-29-19(5)24(27)25-12-11-20-7-9-21(28-6)10-8-20/h7-10,13,19H,11-12,14H2,1-6H3,(H,25,27)/t19-/m1/s1. The summed E-state index contributed by atoms with van der Waals surface area (Å²) in [5.41, 5.74) is 6.35. The van der Waals surface area contributed by atoms with Crippen LogP contribution in [0.1, 0.15) is 52.0 Å². The third kappa shape index (κ3) is 6.10. The Hall–Kier alpha value is -2.27. The van der Waals surface area contributed by atoms with E-state index in [4.69, 9.17) is 4.74 Å². The Morgan fingerprint density at radius 1 is 1.10 bits per heavy atom. The van der Waals surface area contributed by atoms with Crippen molar-refractivity contribution in [3.8, 4) is 5.75 Å². The molecule has 0 bridgehead atoms. The van der Waals surface area contributed by atoms with E-state index < -0.39 is 0 Å². The van der Waals surface area contributed by atoms with Gasteiger partial charge in [0.25, 0.3) is 0 Å². The second-order valence-electron chi connectivity index (χ2n) is 7.39. The van der Waals surface area contributed by atoms with Crippen LogP contribution in [-0.2, 0) is 17.0 Å². The van der Waals surface area contributed by atoms with Gasteiger partial charge in [-0.15, -0.1) is 11.8 Å². The lowest BCUT2D eigenvalue weighted by molar-refractivity contribution is -0.120. The normalized spacial score (nSPS) is 11.8. The average Bonchev–Trinajstić information content (AvgIpc) is 2.67. The summed E-state index contributed by atoms with van der Waals surface area (Å²) in [4.78, 5) is 24.4. The number of thioether (sulfide) groups is 1. The molecule has 2 rings (SSSR count). The topological polar surface area (TPSA) is 55.4 Å². The molecule has 1 N–H and O–H groups in total. The highest BCUT2D eigenvalue weighted by atomic mass is 32.2. The number of nitrogens with one attached hydrogen (secondary N) is 1. The molecule has 0 aliphatic rings. The number of amides is 1. The number of carbonyl (C=O) groups excluding carboxylic acids is 2. The number of hydrogen-bond donors (Lipinski definition) is 1. The number of rotatable bonds is 9. The number of carbonyl (C=O) groups is 2. The van der Waals surface area contributed by atoms with Crippen LogP contribution in [0.3, 0.4) is 0 Å². The zero-order chi connectivity index (χ0) is 21.6. The Morgan fingerprint density at radius 3 is 2.34 bits per heavy atom. The minimum atomic E-state index is -0.160. The average molecular weight is 414 g/mol. The molecular formula is C24H31NO3S. The summed E-state index contributed by atoms with van der Waals surface area (Å²) < 4.78 is 5.16. The first kappa shape index (κ1) is 23.0. The van der Waals surface area contributed by atoms with Crippen LogP contribution in [0.2, 0.25) is 0 Å². The molecule has 0 saturated heterocycles. The van der Waals surface area contributed by atoms with E-state index in [9.17, 15) is 9.59 Å². The van der Waals surface area contributed by atoms with Gasteiger partial charge < -0.3 is 10.1 Å². The fourth-order valence-electron chi connectivity index (χ4n) is 3.54. The third-order valence-electron chi connectivity index (χ3n) is 5.20. The lowest BCUT2D eigenvalue weighted by atomic mass is 9.92. The molecule has 0 radical (unpaired) electrons. The molecule has 0 spiro atoms. The van der Waals surface area contributed by atoms with E-state index in [0.29, 0.717) is 12.3 Å². The molecule has 29 heavy (non-hydrogen) atoms. The number of ether oxygens (including phenoxy) is 1. The Bertz CT molecular complexity index is 875. The van der Waals surface area contributed by atoms with E-state index in [1.807, 2.05) is 45.0 Å². The number of aryl methyl sites for hydroxylation is 2. The van der Waals surface area contributed by atoms with E-state index in [-0.39, 0.29) is 16.9 Å². The molecule has 0 saturated carbocycles. The number of hydrogen-bond acceptors (Lipinski definition) is 4. The predicted octanol–water partition coefficient (Wildman–Crippen LogP) is 4.80. The van der Waals surface area contributed by atoms with Crippen molar-refractivity contribution in [3.63, 3.8) is 0 Å². The zero-order valence-corrected chi connectivity index (χ0v) is 19.0. The Morgan fingerprint density at radius 2 is 1.76 bits per heavy atom. The van der Waals surface area contributed by atoms with Crippen molar-refractivity contribution < 1.29 is 14.3 Å². The number of ketones is 1. The summed E-state index contributed by atoms with van der Waals surface area (Å²) in [7, 11) is 1.65. The van der Waals surface area contributed by atoms with Gasteiger partial charge in [-0.1, -0.05) is 18.2 Å². The highest BCUT2D eigenvalue weighted by molar-refractivity contribution is 7.99. The quantitative estimate of drug-likeness (QED) is 0.600. The third-order valence-corrected chi connectivity index (χ3v) is 6.37. The van der Waals surface area contributed by atoms with Crippen LogP contribution in [0.15, 0.2) is 30.3 Å². The molecule has 0 heterocycles. The van der Waals surface area contributed by atoms with E-state index in [0.717, 1.165) is 40.0 Å². The van der Waals surface area contributed by atoms with Crippen LogP contribution >= 0.6 is 11.8 Å². The molecule has 156 valence electrons. The van der Waals surface area contributed by atoms with Crippen molar-refractivity contribution in [3.05, 3.63) is 63.7 Å². The van der Waals surface area contributed by atoms with E-state index in [1.165, 1.54) is 5.56 Å². The van der Waals surface area contributed by atoms with Crippen LogP contribution < -0.4 is 10.1 Å². The van der Waals surface area contributed by atoms with Crippen molar-refractivity contribution in [1.29, 1.82) is 0 Å². The fourth-order valence-corrected chi connectivity index (χ4v) is 4.64. The first-order chi connectivity index (χ1) is 13.7. The van der Waals surface area contributed by atoms with Gasteiger partial charge in [0.15, 0.2) is 5.78 Å². The first-order valence-corrected chi connectivity index (χ1v) is 10.9. The Labute approximate surface area is 178 Å². The molecule has 1 atom stereocenters. The molecule has 5 heteroatoms. The molecule has 1 amide bonds. The van der Waals surface area contributed by atoms with Crippen molar-refractivity contribution in [2.75, 3.05) is 13.7 Å². The fraction of sp³-hybridized carbons (Fsp3) is 0.417. The molecular weight excluding hydrogens is 382 g/mol. The first-order valence-electron chi connectivity index (χ1n) is 9.87. The van der Waals surface area contributed by atoms with Crippen LogP contribution in [-0.4, -0.2) is 30.6 Å². The predicted molar refractivity (Wildman–Crippen MR) is 121 cm³/mol. The Balaban J connectivity index is 1.90. The minimum Gasteiger partial charge on any atom is -0.497 e. The van der Waals surface area contributed by atoms with Gasteiger partial charge in [0.2, 0.25) is 5.91 Å². The second kappa shape index (κ2) is 10.5. The van der Waals surface area contributed by atoms with Gasteiger partial charge in [0, 0.05) is 17.9 Å². The van der Waals surface area contributed by atoms with Gasteiger partial charge in [-0.05, 0) is 81.0 Å². The maximum Gasteiger partial charge on any atom is 0.232 e. The zero-order valence-electron chi connectivity index (χ0n) is 18.2. The van der Waals surface area contributed by atoms with Crippen molar-refractivity contribution in [2.24, 2.45) is 0 Å². The maximum atomic E-state index is 12.4. The SMILES string of the molecule is COc1ccc(CCNC(=O)[C@@H](C)SCc2c(C)cc(C)c(C(C)=O)c2C)cc1. The number of benzene rings is 2. The largest absolute Gasteiger partial charge is 0.497 e. The van der Waals surface area contributed by atoms with Gasteiger partial charge in [-0.25, -0.2) is 0 Å². The summed E-state index contributed by atoms with van der Waals surface area (Å²) in [6.07, 6.45) is 0.783. The monoisotopic (exact) mass is 413 g/mol. The van der Waals surface area contributed by atoms with E-state index >= 15 is 0 Å². The minimum absolute atomic E-state index is 0.0396. The molecule has 0 aliphatic carbocycles. The number of Topliss-reactive ketones (excluding diaryl/α,β-unsaturated/α-hetero) is 1. The van der Waals surface area contributed by atoms with Gasteiger partial charge >= 0.3 is 0 Å². The van der Waals surface area contributed by atoms with Gasteiger partial charge in [-0.3, -0.25) is 9.59 Å². The molecule has 2 aromatic carbocycles. The summed E-state index contributed by atoms with van der Waals surface area (Å²) in [6.45, 7) is 10.2. The smallest absolute Gasteiger partial charge is 0.232 e. The molecule has 0 unspecified atom stereocenters. The summed E-state index contributed by atoms with van der Waals surface area (Å²) >= 11 is 1.60. The van der Waals surface area contributed by atoms with Crippen molar-refractivity contribution in [2.45, 2.75) is 52.0 Å². The van der Waals surface area contributed by atoms with Crippen molar-refractivity contribution in [1.82, 2.24) is 5.32 Å². The summed E-state index contributed by atoms with van der Waals surface area (Å²) in [5.74, 6) is 1.68. The van der Waals surface area contributed by atoms with Crippen LogP contribution in [0, 0.1) is 20.8 Å². The number of methoxy groups -OCH3 is 1. The lowest BCUT2D eigenvalue weighted by Crippen LogP contribution is -2.32. The summed E-state index contributed by atoms with van der Waals surface area (Å²) in [6, 6.07) is 9.95. The second-order valence-corrected chi connectivity index (χ2v) is 8.72. The highest BCUT2D eigenvalue weighted by Crippen LogP contribution is 2.28. The van der Waals surface area contributed by atoms with Crippen LogP contribution in [0.4, 0.5) is 0 Å². The van der Waals surface area contributed by atoms with Crippen molar-refractivity contribution >= 4 is 23.5 Å². The molecule has 0 aromatic heterocycles. The van der Waals surface area contributed by atoms with Crippen LogP contribution in [0.25, 0.3) is 0 Å². The highest BCUT2D eigenvalue weighted by Gasteiger charge is 2.17. The van der Waals surface area contributed by atoms with Crippen LogP contribution in [0.5, 0.6) is 5.75 Å². The molecule has 2 aromatic rings. The molecule has 4 nitrogen and oxygen atoms in total. The van der Waals surface area contributed by atoms with Gasteiger partial charge in [0.05, 0.1) is 12.4 Å². The van der Waals surface area contributed by atoms with Gasteiger partial charge in [0.1, 0.15) is 5.75 Å². The molecule has 0 fully saturated rings. The maximum absolute atomic E-state index is 12.4. The lowest BCUT2D eigenvalue weighted by Gasteiger charge is -2.17.